The Morgan fingerprint density at radius 3 is 3.08 bits per heavy atom. The number of aliphatic hydroxyl groups is 1. The van der Waals surface area contributed by atoms with Crippen LogP contribution in [0.3, 0.4) is 0 Å². The summed E-state index contributed by atoms with van der Waals surface area (Å²) >= 11 is 0. The molecule has 66 valence electrons. The maximum absolute atomic E-state index is 9.10. The van der Waals surface area contributed by atoms with Crippen LogP contribution in [0, 0.1) is 6.92 Å². The van der Waals surface area contributed by atoms with Gasteiger partial charge in [-0.05, 0) is 30.7 Å². The summed E-state index contributed by atoms with van der Waals surface area (Å²) in [6.45, 7) is 1.93. The van der Waals surface area contributed by atoms with Crippen molar-refractivity contribution in [3.05, 3.63) is 35.7 Å². The Hall–Kier alpha value is -1.48. The molecule has 0 bridgehead atoms. The number of fused-ring (bicyclic) bond motifs is 1. The van der Waals surface area contributed by atoms with Crippen molar-refractivity contribution in [3.63, 3.8) is 0 Å². The van der Waals surface area contributed by atoms with Crippen molar-refractivity contribution >= 4 is 11.0 Å². The van der Waals surface area contributed by atoms with Crippen LogP contribution in [-0.2, 0) is 6.61 Å². The van der Waals surface area contributed by atoms with Gasteiger partial charge in [-0.1, -0.05) is 0 Å². The van der Waals surface area contributed by atoms with Gasteiger partial charge in [-0.2, -0.15) is 0 Å². The minimum absolute atomic E-state index is 0.0333. The molecule has 2 rings (SSSR count). The van der Waals surface area contributed by atoms with Crippen LogP contribution in [0.25, 0.3) is 11.0 Å². The first-order valence-electron chi connectivity index (χ1n) is 4.13. The van der Waals surface area contributed by atoms with Crippen molar-refractivity contribution in [2.24, 2.45) is 0 Å². The number of rotatable bonds is 1. The summed E-state index contributed by atoms with van der Waals surface area (Å²) in [4.78, 5) is 8.39. The predicted molar refractivity (Wildman–Crippen MR) is 50.2 cm³/mol. The molecule has 13 heavy (non-hydrogen) atoms. The Kier molecular flexibility index (Phi) is 1.94. The zero-order valence-electron chi connectivity index (χ0n) is 7.36. The Labute approximate surface area is 76.1 Å². The van der Waals surface area contributed by atoms with E-state index in [1.807, 2.05) is 25.1 Å². The Balaban J connectivity index is 2.81. The first-order chi connectivity index (χ1) is 6.31. The van der Waals surface area contributed by atoms with Crippen molar-refractivity contribution in [2.75, 3.05) is 0 Å². The summed E-state index contributed by atoms with van der Waals surface area (Å²) in [5.74, 6) is 0. The Bertz CT molecular complexity index is 440. The Morgan fingerprint density at radius 2 is 2.31 bits per heavy atom. The van der Waals surface area contributed by atoms with Crippen LogP contribution in [0.5, 0.6) is 0 Å². The van der Waals surface area contributed by atoms with E-state index in [2.05, 4.69) is 9.97 Å². The Morgan fingerprint density at radius 1 is 1.46 bits per heavy atom. The number of hydrogen-bond acceptors (Lipinski definition) is 3. The molecule has 0 aliphatic carbocycles. The normalized spacial score (nSPS) is 10.6. The molecule has 0 aromatic carbocycles. The fraction of sp³-hybridized carbons (Fsp3) is 0.200. The highest BCUT2D eigenvalue weighted by atomic mass is 16.3. The van der Waals surface area contributed by atoms with Crippen molar-refractivity contribution < 1.29 is 5.11 Å². The molecular weight excluding hydrogens is 164 g/mol. The summed E-state index contributed by atoms with van der Waals surface area (Å²) in [5, 5.41) is 10.0. The molecule has 0 aliphatic rings. The van der Waals surface area contributed by atoms with Crippen LogP contribution in [0.15, 0.2) is 24.4 Å². The van der Waals surface area contributed by atoms with Gasteiger partial charge in [0, 0.05) is 17.3 Å². The van der Waals surface area contributed by atoms with Crippen molar-refractivity contribution in [1.29, 1.82) is 0 Å². The quantitative estimate of drug-likeness (QED) is 0.711. The van der Waals surface area contributed by atoms with Crippen molar-refractivity contribution in [3.8, 4) is 0 Å². The molecule has 0 fully saturated rings. The monoisotopic (exact) mass is 174 g/mol. The highest BCUT2D eigenvalue weighted by Crippen LogP contribution is 2.15. The maximum atomic E-state index is 9.10. The van der Waals surface area contributed by atoms with Crippen LogP contribution in [0.4, 0.5) is 0 Å². The third kappa shape index (κ3) is 1.38. The van der Waals surface area contributed by atoms with Crippen LogP contribution < -0.4 is 0 Å². The highest BCUT2D eigenvalue weighted by molar-refractivity contribution is 5.78. The molecule has 0 aliphatic heterocycles. The molecule has 1 N–H and O–H groups in total. The third-order valence-corrected chi connectivity index (χ3v) is 1.97. The SMILES string of the molecule is Cc1cc(CO)c2cccnc2n1. The number of nitrogens with zero attached hydrogens (tertiary/aromatic N) is 2. The van der Waals surface area contributed by atoms with E-state index in [1.165, 1.54) is 0 Å². The zero-order chi connectivity index (χ0) is 9.26. The van der Waals surface area contributed by atoms with E-state index in [0.717, 1.165) is 16.6 Å². The van der Waals surface area contributed by atoms with Gasteiger partial charge in [0.15, 0.2) is 5.65 Å². The first kappa shape index (κ1) is 8.13. The second kappa shape index (κ2) is 3.11. The molecule has 2 heterocycles. The molecular formula is C10H10N2O. The molecule has 2 aromatic heterocycles. The lowest BCUT2D eigenvalue weighted by Gasteiger charge is -2.03. The molecule has 2 aromatic rings. The summed E-state index contributed by atoms with van der Waals surface area (Å²) in [6, 6.07) is 5.64. The minimum atomic E-state index is 0.0333. The predicted octanol–water partition coefficient (Wildman–Crippen LogP) is 1.43. The lowest BCUT2D eigenvalue weighted by molar-refractivity contribution is 0.283. The third-order valence-electron chi connectivity index (χ3n) is 1.97. The standard InChI is InChI=1S/C10H10N2O/c1-7-5-8(6-13)9-3-2-4-11-10(9)12-7/h2-5,13H,6H2,1H3. The number of aryl methyl sites for hydroxylation is 1. The van der Waals surface area contributed by atoms with Crippen LogP contribution >= 0.6 is 0 Å². The van der Waals surface area contributed by atoms with Crippen LogP contribution in [0.2, 0.25) is 0 Å². The maximum Gasteiger partial charge on any atom is 0.159 e. The van der Waals surface area contributed by atoms with Gasteiger partial charge in [0.05, 0.1) is 6.61 Å². The average molecular weight is 174 g/mol. The van der Waals surface area contributed by atoms with E-state index < -0.39 is 0 Å². The topological polar surface area (TPSA) is 46.0 Å². The van der Waals surface area contributed by atoms with Gasteiger partial charge in [0.2, 0.25) is 0 Å². The van der Waals surface area contributed by atoms with Gasteiger partial charge in [-0.15, -0.1) is 0 Å². The lowest BCUT2D eigenvalue weighted by Crippen LogP contribution is -1.93. The van der Waals surface area contributed by atoms with E-state index in [0.29, 0.717) is 5.65 Å². The lowest BCUT2D eigenvalue weighted by atomic mass is 10.1. The van der Waals surface area contributed by atoms with Gasteiger partial charge >= 0.3 is 0 Å². The van der Waals surface area contributed by atoms with Gasteiger partial charge in [0.25, 0.3) is 0 Å². The first-order valence-corrected chi connectivity index (χ1v) is 4.13. The van der Waals surface area contributed by atoms with Crippen molar-refractivity contribution in [2.45, 2.75) is 13.5 Å². The molecule has 0 unspecified atom stereocenters. The number of aromatic nitrogens is 2. The summed E-state index contributed by atoms with van der Waals surface area (Å²) < 4.78 is 0. The van der Waals surface area contributed by atoms with Crippen molar-refractivity contribution in [1.82, 2.24) is 9.97 Å². The highest BCUT2D eigenvalue weighted by Gasteiger charge is 2.02. The fourth-order valence-electron chi connectivity index (χ4n) is 1.40. The molecule has 3 nitrogen and oxygen atoms in total. The summed E-state index contributed by atoms with van der Waals surface area (Å²) in [6.07, 6.45) is 1.70. The number of hydrogen-bond donors (Lipinski definition) is 1. The van der Waals surface area contributed by atoms with Crippen LogP contribution in [0.1, 0.15) is 11.3 Å². The summed E-state index contributed by atoms with van der Waals surface area (Å²) in [7, 11) is 0. The van der Waals surface area contributed by atoms with E-state index in [9.17, 15) is 0 Å². The van der Waals surface area contributed by atoms with Crippen LogP contribution in [-0.4, -0.2) is 15.1 Å². The molecule has 0 atom stereocenters. The minimum Gasteiger partial charge on any atom is -0.392 e. The number of pyridine rings is 2. The average Bonchev–Trinajstić information content (AvgIpc) is 2.16. The second-order valence-corrected chi connectivity index (χ2v) is 2.96. The van der Waals surface area contributed by atoms with Gasteiger partial charge < -0.3 is 5.11 Å². The van der Waals surface area contributed by atoms with Gasteiger partial charge in [0.1, 0.15) is 0 Å². The van der Waals surface area contributed by atoms with E-state index in [1.54, 1.807) is 6.20 Å². The van der Waals surface area contributed by atoms with E-state index in [4.69, 9.17) is 5.11 Å². The fourth-order valence-corrected chi connectivity index (χ4v) is 1.40. The molecule has 3 heteroatoms. The molecule has 0 radical (unpaired) electrons. The molecule has 0 saturated heterocycles. The van der Waals surface area contributed by atoms with Gasteiger partial charge in [-0.3, -0.25) is 0 Å². The smallest absolute Gasteiger partial charge is 0.159 e. The van der Waals surface area contributed by atoms with E-state index in [-0.39, 0.29) is 6.61 Å². The molecule has 0 saturated carbocycles. The second-order valence-electron chi connectivity index (χ2n) is 2.96. The largest absolute Gasteiger partial charge is 0.392 e. The van der Waals surface area contributed by atoms with E-state index >= 15 is 0 Å². The zero-order valence-corrected chi connectivity index (χ0v) is 7.36. The van der Waals surface area contributed by atoms with Gasteiger partial charge in [-0.25, -0.2) is 9.97 Å². The molecule has 0 spiro atoms. The molecule has 0 amide bonds. The number of aliphatic hydroxyl groups excluding tert-OH is 1. The summed E-state index contributed by atoms with van der Waals surface area (Å²) in [5.41, 5.74) is 2.47.